The molecule has 0 aromatic heterocycles. The van der Waals surface area contributed by atoms with Gasteiger partial charge in [0.1, 0.15) is 29.9 Å². The standard InChI is InChI=1S/C42H53N5O12/c1-5-15-28(47-41(57)59-42(2,3)4)38(54)45-30(22-32(43)49)39(55)46-31(24-48)34(51)35(52)36(53)40(56)44-29(25-16-9-6-10-17-25)23-33(50)58-37(26-18-11-7-12-19-26)27-20-13-8-14-21-27/h5-14,16-21,28-31,34-37,48,51-53H,1,15,22-24H2,2-4H3,(H2,43,49)(H,44,56)(H,45,54)(H,46,55)(H,47,57)/t28-,29-,30-,31-,34+,35+,36-/m0/s1. The van der Waals surface area contributed by atoms with Crippen LogP contribution in [0.15, 0.2) is 104 Å². The van der Waals surface area contributed by atoms with Gasteiger partial charge in [-0.05, 0) is 43.9 Å². The highest BCUT2D eigenvalue weighted by molar-refractivity contribution is 5.94. The summed E-state index contributed by atoms with van der Waals surface area (Å²) in [5.74, 6) is -5.09. The maximum atomic E-state index is 13.5. The van der Waals surface area contributed by atoms with E-state index in [1.807, 2.05) is 12.1 Å². The quantitative estimate of drug-likeness (QED) is 0.0537. The molecule has 5 amide bonds. The molecule has 17 heteroatoms. The molecule has 0 aliphatic carbocycles. The minimum atomic E-state index is -2.38. The summed E-state index contributed by atoms with van der Waals surface area (Å²) in [5.41, 5.74) is 6.23. The van der Waals surface area contributed by atoms with Crippen molar-refractivity contribution >= 4 is 35.7 Å². The number of carbonyl (C=O) groups excluding carboxylic acids is 6. The van der Waals surface area contributed by atoms with Crippen LogP contribution in [-0.2, 0) is 33.4 Å². The third-order valence-electron chi connectivity index (χ3n) is 8.67. The molecule has 0 fully saturated rings. The summed E-state index contributed by atoms with van der Waals surface area (Å²) in [7, 11) is 0. The number of aliphatic hydroxyl groups excluding tert-OH is 4. The highest BCUT2D eigenvalue weighted by atomic mass is 16.6. The number of nitrogens with two attached hydrogens (primary N) is 1. The van der Waals surface area contributed by atoms with Crippen LogP contribution < -0.4 is 27.0 Å². The van der Waals surface area contributed by atoms with Crippen molar-refractivity contribution in [1.82, 2.24) is 21.3 Å². The van der Waals surface area contributed by atoms with Crippen LogP contribution in [0.5, 0.6) is 0 Å². The second-order valence-electron chi connectivity index (χ2n) is 14.5. The van der Waals surface area contributed by atoms with Crippen molar-refractivity contribution in [1.29, 1.82) is 0 Å². The van der Waals surface area contributed by atoms with Crippen LogP contribution in [0, 0.1) is 0 Å². The highest BCUT2D eigenvalue weighted by Crippen LogP contribution is 2.28. The number of rotatable bonds is 21. The van der Waals surface area contributed by atoms with Crippen LogP contribution in [0.2, 0.25) is 0 Å². The molecule has 0 radical (unpaired) electrons. The number of hydrogen-bond donors (Lipinski definition) is 9. The molecule has 0 aliphatic heterocycles. The van der Waals surface area contributed by atoms with Crippen LogP contribution in [-0.4, -0.2) is 105 Å². The third-order valence-corrected chi connectivity index (χ3v) is 8.67. The van der Waals surface area contributed by atoms with Gasteiger partial charge in [0.25, 0.3) is 5.91 Å². The number of carbonyl (C=O) groups is 6. The summed E-state index contributed by atoms with van der Waals surface area (Å²) < 4.78 is 11.1. The SMILES string of the molecule is C=CC[C@H](NC(=O)OC(C)(C)C)C(=O)N[C@@H](CC(N)=O)C(=O)N[C@@H](CO)[C@@H](O)[C@@H](O)[C@H](O)C(=O)N[C@@H](CC(=O)OC(c1ccccc1)c1ccccc1)c1ccccc1. The number of alkyl carbamates (subject to hydrolysis) is 1. The van der Waals surface area contributed by atoms with E-state index >= 15 is 0 Å². The largest absolute Gasteiger partial charge is 0.452 e. The number of primary amides is 1. The average Bonchev–Trinajstić information content (AvgIpc) is 3.20. The molecule has 0 saturated carbocycles. The highest BCUT2D eigenvalue weighted by Gasteiger charge is 2.38. The molecule has 3 aromatic rings. The zero-order chi connectivity index (χ0) is 43.7. The van der Waals surface area contributed by atoms with Gasteiger partial charge in [0.15, 0.2) is 12.2 Å². The van der Waals surface area contributed by atoms with Crippen molar-refractivity contribution in [2.75, 3.05) is 6.61 Å². The summed E-state index contributed by atoms with van der Waals surface area (Å²) in [6, 6.07) is 20.4. The van der Waals surface area contributed by atoms with E-state index < -0.39 is 109 Å². The summed E-state index contributed by atoms with van der Waals surface area (Å²) in [6.07, 6.45) is -8.66. The van der Waals surface area contributed by atoms with E-state index in [0.29, 0.717) is 16.7 Å². The smallest absolute Gasteiger partial charge is 0.408 e. The van der Waals surface area contributed by atoms with Crippen molar-refractivity contribution < 1.29 is 58.7 Å². The van der Waals surface area contributed by atoms with Gasteiger partial charge in [-0.3, -0.25) is 24.0 Å². The Hall–Kier alpha value is -6.14. The Kier molecular flexibility index (Phi) is 18.2. The molecule has 3 aromatic carbocycles. The van der Waals surface area contributed by atoms with Gasteiger partial charge >= 0.3 is 12.1 Å². The fourth-order valence-corrected chi connectivity index (χ4v) is 5.76. The summed E-state index contributed by atoms with van der Waals surface area (Å²) >= 11 is 0. The first-order valence-electron chi connectivity index (χ1n) is 18.7. The van der Waals surface area contributed by atoms with E-state index in [4.69, 9.17) is 15.2 Å². The molecule has 0 heterocycles. The van der Waals surface area contributed by atoms with Gasteiger partial charge in [-0.15, -0.1) is 6.58 Å². The van der Waals surface area contributed by atoms with Gasteiger partial charge in [-0.2, -0.15) is 0 Å². The Morgan fingerprint density at radius 3 is 1.68 bits per heavy atom. The Bertz CT molecular complexity index is 1820. The molecule has 17 nitrogen and oxygen atoms in total. The molecule has 59 heavy (non-hydrogen) atoms. The number of amides is 5. The first-order chi connectivity index (χ1) is 27.9. The predicted octanol–water partition coefficient (Wildman–Crippen LogP) is 0.956. The third kappa shape index (κ3) is 15.3. The van der Waals surface area contributed by atoms with Gasteiger partial charge in [0.05, 0.1) is 31.5 Å². The number of benzene rings is 3. The van der Waals surface area contributed by atoms with Crippen LogP contribution >= 0.6 is 0 Å². The lowest BCUT2D eigenvalue weighted by Gasteiger charge is -2.31. The molecule has 0 spiro atoms. The lowest BCUT2D eigenvalue weighted by molar-refractivity contribution is -0.149. The topological polar surface area (TPSA) is 276 Å². The Morgan fingerprint density at radius 2 is 1.20 bits per heavy atom. The minimum Gasteiger partial charge on any atom is -0.452 e. The number of hydrogen-bond acceptors (Lipinski definition) is 12. The Balaban J connectivity index is 1.73. The molecule has 3 rings (SSSR count). The number of ether oxygens (including phenoxy) is 2. The van der Waals surface area contributed by atoms with Crippen LogP contribution in [0.25, 0.3) is 0 Å². The molecule has 318 valence electrons. The van der Waals surface area contributed by atoms with Gasteiger partial charge in [-0.1, -0.05) is 97.1 Å². The predicted molar refractivity (Wildman–Crippen MR) is 214 cm³/mol. The maximum Gasteiger partial charge on any atom is 0.408 e. The normalized spacial score (nSPS) is 14.8. The maximum absolute atomic E-state index is 13.5. The summed E-state index contributed by atoms with van der Waals surface area (Å²) in [6.45, 7) is 7.29. The first kappa shape index (κ1) is 47.2. The number of esters is 1. The molecule has 0 saturated heterocycles. The Morgan fingerprint density at radius 1 is 0.695 bits per heavy atom. The van der Waals surface area contributed by atoms with Gasteiger partial charge in [-0.25, -0.2) is 4.79 Å². The molecule has 7 atom stereocenters. The fourth-order valence-electron chi connectivity index (χ4n) is 5.76. The van der Waals surface area contributed by atoms with E-state index in [9.17, 15) is 49.2 Å². The average molecular weight is 820 g/mol. The molecule has 0 bridgehead atoms. The van der Waals surface area contributed by atoms with Crippen molar-refractivity contribution in [3.8, 4) is 0 Å². The molecular formula is C42H53N5O12. The summed E-state index contributed by atoms with van der Waals surface area (Å²) in [5, 5.41) is 52.1. The van der Waals surface area contributed by atoms with Gasteiger partial charge in [0, 0.05) is 0 Å². The zero-order valence-corrected chi connectivity index (χ0v) is 33.0. The van der Waals surface area contributed by atoms with Crippen LogP contribution in [0.1, 0.15) is 68.9 Å². The van der Waals surface area contributed by atoms with Crippen LogP contribution in [0.4, 0.5) is 4.79 Å². The number of aliphatic hydroxyl groups is 4. The second-order valence-corrected chi connectivity index (χ2v) is 14.5. The molecule has 0 unspecified atom stereocenters. The zero-order valence-electron chi connectivity index (χ0n) is 33.0. The van der Waals surface area contributed by atoms with Crippen molar-refractivity contribution in [2.45, 2.75) is 94.2 Å². The molecular weight excluding hydrogens is 766 g/mol. The van der Waals surface area contributed by atoms with E-state index in [1.54, 1.807) is 99.6 Å². The van der Waals surface area contributed by atoms with E-state index in [0.717, 1.165) is 0 Å². The van der Waals surface area contributed by atoms with Gasteiger partial charge in [0.2, 0.25) is 17.7 Å². The van der Waals surface area contributed by atoms with Crippen LogP contribution in [0.3, 0.4) is 0 Å². The fraction of sp³-hybridized carbons (Fsp3) is 0.381. The van der Waals surface area contributed by atoms with E-state index in [-0.39, 0.29) is 6.42 Å². The number of nitrogens with one attached hydrogen (secondary N) is 4. The first-order valence-corrected chi connectivity index (χ1v) is 18.7. The van der Waals surface area contributed by atoms with E-state index in [2.05, 4.69) is 27.8 Å². The van der Waals surface area contributed by atoms with Crippen molar-refractivity contribution in [3.05, 3.63) is 120 Å². The lowest BCUT2D eigenvalue weighted by Crippen LogP contribution is -2.60. The summed E-state index contributed by atoms with van der Waals surface area (Å²) in [4.78, 5) is 77.5. The van der Waals surface area contributed by atoms with E-state index in [1.165, 1.54) is 6.08 Å². The molecule has 10 N–H and O–H groups in total. The second kappa shape index (κ2) is 22.7. The molecule has 0 aliphatic rings. The van der Waals surface area contributed by atoms with Crippen molar-refractivity contribution in [3.63, 3.8) is 0 Å². The lowest BCUT2D eigenvalue weighted by atomic mass is 9.98. The Labute approximate surface area is 342 Å². The van der Waals surface area contributed by atoms with Crippen molar-refractivity contribution in [2.24, 2.45) is 5.73 Å². The monoisotopic (exact) mass is 819 g/mol. The van der Waals surface area contributed by atoms with Gasteiger partial charge < -0.3 is 56.9 Å². The minimum absolute atomic E-state index is 0.117.